The Morgan fingerprint density at radius 3 is 2.56 bits per heavy atom. The number of imide groups is 1. The molecule has 0 radical (unpaired) electrons. The molecule has 0 bridgehead atoms. The Bertz CT molecular complexity index is 495. The van der Waals surface area contributed by atoms with Crippen molar-refractivity contribution in [1.29, 1.82) is 0 Å². The number of carbonyl (C=O) groups is 2. The highest BCUT2D eigenvalue weighted by Gasteiger charge is 2.25. The monoisotopic (exact) mass is 244 g/mol. The van der Waals surface area contributed by atoms with Gasteiger partial charge in [0.15, 0.2) is 0 Å². The average Bonchev–Trinajstić information content (AvgIpc) is 2.81. The quantitative estimate of drug-likeness (QED) is 0.776. The first kappa shape index (κ1) is 11.4. The van der Waals surface area contributed by atoms with Crippen LogP contribution in [0.5, 0.6) is 0 Å². The predicted molar refractivity (Wildman–Crippen MR) is 66.9 cm³/mol. The Morgan fingerprint density at radius 2 is 1.78 bits per heavy atom. The summed E-state index contributed by atoms with van der Waals surface area (Å²) in [5, 5.41) is 2.80. The van der Waals surface area contributed by atoms with Crippen LogP contribution < -0.4 is 5.32 Å². The molecule has 0 aromatic heterocycles. The molecule has 94 valence electrons. The van der Waals surface area contributed by atoms with Crippen LogP contribution in [0.3, 0.4) is 0 Å². The summed E-state index contributed by atoms with van der Waals surface area (Å²) in [6, 6.07) is 6.31. The summed E-state index contributed by atoms with van der Waals surface area (Å²) in [5.41, 5.74) is 3.85. The zero-order chi connectivity index (χ0) is 12.5. The van der Waals surface area contributed by atoms with Crippen molar-refractivity contribution in [2.75, 3.05) is 13.1 Å². The zero-order valence-electron chi connectivity index (χ0n) is 10.2. The van der Waals surface area contributed by atoms with Gasteiger partial charge in [0.25, 0.3) is 0 Å². The maximum Gasteiger partial charge on any atom is 0.243 e. The summed E-state index contributed by atoms with van der Waals surface area (Å²) >= 11 is 0. The largest absolute Gasteiger partial charge is 0.300 e. The van der Waals surface area contributed by atoms with Crippen LogP contribution in [0, 0.1) is 0 Å². The lowest BCUT2D eigenvalue weighted by atomic mass is 10.1. The summed E-state index contributed by atoms with van der Waals surface area (Å²) < 4.78 is 0. The normalized spacial score (nSPS) is 19.2. The van der Waals surface area contributed by atoms with Crippen LogP contribution in [0.25, 0.3) is 0 Å². The number of fused-ring (bicyclic) bond motifs is 1. The first-order chi connectivity index (χ1) is 8.74. The number of amides is 2. The number of nitrogens with zero attached hydrogens (tertiary/aromatic N) is 1. The summed E-state index contributed by atoms with van der Waals surface area (Å²) in [6.45, 7) is 0.931. The van der Waals surface area contributed by atoms with Gasteiger partial charge in [-0.05, 0) is 36.0 Å². The first-order valence-corrected chi connectivity index (χ1v) is 6.38. The Labute approximate surface area is 106 Å². The molecule has 0 spiro atoms. The fourth-order valence-corrected chi connectivity index (χ4v) is 2.69. The molecule has 1 aromatic rings. The second-order valence-corrected chi connectivity index (χ2v) is 4.93. The van der Waals surface area contributed by atoms with Gasteiger partial charge >= 0.3 is 0 Å². The van der Waals surface area contributed by atoms with E-state index in [0.717, 1.165) is 18.4 Å². The van der Waals surface area contributed by atoms with E-state index in [0.29, 0.717) is 6.54 Å². The molecular formula is C14H16N2O2. The fraction of sp³-hybridized carbons (Fsp3) is 0.429. The molecular weight excluding hydrogens is 228 g/mol. The molecule has 1 saturated heterocycles. The van der Waals surface area contributed by atoms with Gasteiger partial charge < -0.3 is 0 Å². The number of benzene rings is 1. The zero-order valence-corrected chi connectivity index (χ0v) is 10.2. The number of carbonyl (C=O) groups excluding carboxylic acids is 2. The van der Waals surface area contributed by atoms with E-state index in [-0.39, 0.29) is 24.9 Å². The van der Waals surface area contributed by atoms with Gasteiger partial charge in [0.05, 0.1) is 19.6 Å². The highest BCUT2D eigenvalue weighted by molar-refractivity contribution is 5.99. The summed E-state index contributed by atoms with van der Waals surface area (Å²) in [7, 11) is 0. The molecule has 1 aliphatic carbocycles. The number of nitrogens with one attached hydrogen (secondary N) is 1. The predicted octanol–water partition coefficient (Wildman–Crippen LogP) is 0.634. The average molecular weight is 244 g/mol. The molecule has 2 aliphatic rings. The Kier molecular flexibility index (Phi) is 2.88. The Balaban J connectivity index is 1.79. The molecule has 0 atom stereocenters. The van der Waals surface area contributed by atoms with Crippen LogP contribution in [0.1, 0.15) is 23.1 Å². The highest BCUT2D eigenvalue weighted by Crippen LogP contribution is 2.23. The van der Waals surface area contributed by atoms with E-state index in [4.69, 9.17) is 0 Å². The SMILES string of the molecule is O=C1CNCC(=O)N1Cc1ccc2c(c1)CCC2. The molecule has 1 aromatic carbocycles. The lowest BCUT2D eigenvalue weighted by molar-refractivity contribution is -0.147. The van der Waals surface area contributed by atoms with Gasteiger partial charge in [-0.1, -0.05) is 18.2 Å². The molecule has 3 rings (SSSR count). The number of aryl methyl sites for hydroxylation is 2. The number of hydrogen-bond donors (Lipinski definition) is 1. The van der Waals surface area contributed by atoms with Crippen molar-refractivity contribution in [3.63, 3.8) is 0 Å². The van der Waals surface area contributed by atoms with Gasteiger partial charge in [0.2, 0.25) is 11.8 Å². The van der Waals surface area contributed by atoms with Crippen LogP contribution in [-0.4, -0.2) is 29.8 Å². The Morgan fingerprint density at radius 1 is 1.06 bits per heavy atom. The molecule has 4 heteroatoms. The first-order valence-electron chi connectivity index (χ1n) is 6.38. The molecule has 2 amide bonds. The standard InChI is InChI=1S/C14H16N2O2/c17-13-7-15-8-14(18)16(13)9-10-4-5-11-2-1-3-12(11)6-10/h4-6,15H,1-3,7-9H2. The smallest absolute Gasteiger partial charge is 0.243 e. The summed E-state index contributed by atoms with van der Waals surface area (Å²) in [4.78, 5) is 24.7. The molecule has 1 aliphatic heterocycles. The number of rotatable bonds is 2. The number of hydrogen-bond acceptors (Lipinski definition) is 3. The van der Waals surface area contributed by atoms with Crippen LogP contribution >= 0.6 is 0 Å². The minimum atomic E-state index is -0.133. The van der Waals surface area contributed by atoms with Crippen molar-refractivity contribution in [2.24, 2.45) is 0 Å². The van der Waals surface area contributed by atoms with Crippen molar-refractivity contribution in [2.45, 2.75) is 25.8 Å². The van der Waals surface area contributed by atoms with Gasteiger partial charge in [-0.25, -0.2) is 0 Å². The second kappa shape index (κ2) is 4.53. The van der Waals surface area contributed by atoms with Crippen molar-refractivity contribution in [1.82, 2.24) is 10.2 Å². The van der Waals surface area contributed by atoms with Crippen molar-refractivity contribution in [3.8, 4) is 0 Å². The molecule has 0 saturated carbocycles. The van der Waals surface area contributed by atoms with Gasteiger partial charge in [0.1, 0.15) is 0 Å². The van der Waals surface area contributed by atoms with E-state index in [1.54, 1.807) is 0 Å². The Hall–Kier alpha value is -1.68. The van der Waals surface area contributed by atoms with E-state index in [9.17, 15) is 9.59 Å². The highest BCUT2D eigenvalue weighted by atomic mass is 16.2. The maximum atomic E-state index is 11.7. The number of piperazine rings is 1. The van der Waals surface area contributed by atoms with Crippen LogP contribution in [-0.2, 0) is 29.0 Å². The molecule has 18 heavy (non-hydrogen) atoms. The second-order valence-electron chi connectivity index (χ2n) is 4.93. The third kappa shape index (κ3) is 2.04. The topological polar surface area (TPSA) is 49.4 Å². The van der Waals surface area contributed by atoms with Crippen LogP contribution in [0.2, 0.25) is 0 Å². The minimum Gasteiger partial charge on any atom is -0.300 e. The van der Waals surface area contributed by atoms with Gasteiger partial charge in [-0.3, -0.25) is 19.8 Å². The van der Waals surface area contributed by atoms with E-state index < -0.39 is 0 Å². The van der Waals surface area contributed by atoms with E-state index in [1.165, 1.54) is 22.4 Å². The molecule has 1 N–H and O–H groups in total. The summed E-state index contributed by atoms with van der Waals surface area (Å²) in [6.07, 6.45) is 3.48. The lowest BCUT2D eigenvalue weighted by Crippen LogP contribution is -2.51. The van der Waals surface area contributed by atoms with E-state index in [1.807, 2.05) is 6.07 Å². The van der Waals surface area contributed by atoms with Crippen LogP contribution in [0.4, 0.5) is 0 Å². The fourth-order valence-electron chi connectivity index (χ4n) is 2.69. The maximum absolute atomic E-state index is 11.7. The van der Waals surface area contributed by atoms with E-state index >= 15 is 0 Å². The van der Waals surface area contributed by atoms with Crippen molar-refractivity contribution < 1.29 is 9.59 Å². The third-order valence-corrected chi connectivity index (χ3v) is 3.66. The van der Waals surface area contributed by atoms with Gasteiger partial charge in [0, 0.05) is 0 Å². The molecule has 1 heterocycles. The van der Waals surface area contributed by atoms with Crippen molar-refractivity contribution >= 4 is 11.8 Å². The molecule has 0 unspecified atom stereocenters. The minimum absolute atomic E-state index is 0.133. The van der Waals surface area contributed by atoms with Crippen molar-refractivity contribution in [3.05, 3.63) is 34.9 Å². The van der Waals surface area contributed by atoms with Crippen LogP contribution in [0.15, 0.2) is 18.2 Å². The lowest BCUT2D eigenvalue weighted by Gasteiger charge is -2.25. The molecule has 4 nitrogen and oxygen atoms in total. The van der Waals surface area contributed by atoms with Gasteiger partial charge in [-0.15, -0.1) is 0 Å². The van der Waals surface area contributed by atoms with Gasteiger partial charge in [-0.2, -0.15) is 0 Å². The third-order valence-electron chi connectivity index (χ3n) is 3.66. The molecule has 1 fully saturated rings. The summed E-state index contributed by atoms with van der Waals surface area (Å²) in [5.74, 6) is -0.265. The van der Waals surface area contributed by atoms with E-state index in [2.05, 4.69) is 17.4 Å².